The van der Waals surface area contributed by atoms with Gasteiger partial charge in [0.05, 0.1) is 12.7 Å². The average Bonchev–Trinajstić information content (AvgIpc) is 2.99. The summed E-state index contributed by atoms with van der Waals surface area (Å²) in [6.45, 7) is 2.34. The fraction of sp³-hybridized carbons (Fsp3) is 0.467. The number of nitrogens with zero attached hydrogens (tertiary/aromatic N) is 1. The Morgan fingerprint density at radius 2 is 1.95 bits per heavy atom. The number of ether oxygens (including phenoxy) is 2. The second-order valence-corrected chi connectivity index (χ2v) is 4.11. The highest BCUT2D eigenvalue weighted by atomic mass is 16.5. The molecule has 1 aliphatic rings. The molecule has 102 valence electrons. The molecule has 0 N–H and O–H groups in total. The number of hydrogen-bond acceptors (Lipinski definition) is 4. The fourth-order valence-electron chi connectivity index (χ4n) is 1.55. The Balaban J connectivity index is 0.000000300. The maximum Gasteiger partial charge on any atom is 0.320 e. The van der Waals surface area contributed by atoms with Crippen molar-refractivity contribution in [3.05, 3.63) is 35.9 Å². The van der Waals surface area contributed by atoms with Crippen LogP contribution in [0.1, 0.15) is 24.8 Å². The Hall–Kier alpha value is -1.86. The topological polar surface area (TPSA) is 59.3 Å². The summed E-state index contributed by atoms with van der Waals surface area (Å²) in [6.07, 6.45) is 3.08. The van der Waals surface area contributed by atoms with Crippen LogP contribution < -0.4 is 0 Å². The first kappa shape index (κ1) is 15.2. The molecule has 0 radical (unpaired) electrons. The van der Waals surface area contributed by atoms with Crippen molar-refractivity contribution in [2.45, 2.75) is 25.7 Å². The number of rotatable bonds is 4. The van der Waals surface area contributed by atoms with Gasteiger partial charge in [-0.15, -0.1) is 0 Å². The molecule has 1 fully saturated rings. The lowest BCUT2D eigenvalue weighted by Crippen LogP contribution is -2.06. The summed E-state index contributed by atoms with van der Waals surface area (Å²) < 4.78 is 9.77. The van der Waals surface area contributed by atoms with Gasteiger partial charge in [0.15, 0.2) is 0 Å². The van der Waals surface area contributed by atoms with Crippen LogP contribution in [0.5, 0.6) is 0 Å². The first-order valence-electron chi connectivity index (χ1n) is 6.47. The van der Waals surface area contributed by atoms with Gasteiger partial charge in [0.1, 0.15) is 6.42 Å². The smallest absolute Gasteiger partial charge is 0.320 e. The van der Waals surface area contributed by atoms with E-state index in [0.717, 1.165) is 18.8 Å². The Bertz CT molecular complexity index is 386. The number of nitriles is 1. The summed E-state index contributed by atoms with van der Waals surface area (Å²) in [5.74, 6) is -0.455. The van der Waals surface area contributed by atoms with Gasteiger partial charge >= 0.3 is 5.97 Å². The molecule has 0 amide bonds. The molecular weight excluding hydrogens is 242 g/mol. The van der Waals surface area contributed by atoms with E-state index in [1.807, 2.05) is 30.3 Å². The van der Waals surface area contributed by atoms with E-state index in [1.165, 1.54) is 12.8 Å². The molecule has 1 aromatic rings. The van der Waals surface area contributed by atoms with E-state index < -0.39 is 5.97 Å². The van der Waals surface area contributed by atoms with Gasteiger partial charge < -0.3 is 9.47 Å². The molecule has 1 aromatic carbocycles. The van der Waals surface area contributed by atoms with Gasteiger partial charge in [0, 0.05) is 19.6 Å². The second-order valence-electron chi connectivity index (χ2n) is 4.11. The van der Waals surface area contributed by atoms with E-state index in [4.69, 9.17) is 14.7 Å². The van der Waals surface area contributed by atoms with Crippen molar-refractivity contribution >= 4 is 5.97 Å². The van der Waals surface area contributed by atoms with Crippen molar-refractivity contribution in [2.75, 3.05) is 19.8 Å². The molecule has 0 saturated carbocycles. The minimum atomic E-state index is -0.455. The molecule has 4 nitrogen and oxygen atoms in total. The molecule has 0 bridgehead atoms. The molecule has 4 heteroatoms. The Labute approximate surface area is 113 Å². The van der Waals surface area contributed by atoms with Crippen LogP contribution in [-0.4, -0.2) is 25.8 Å². The van der Waals surface area contributed by atoms with Crippen molar-refractivity contribution in [3.8, 4) is 6.07 Å². The van der Waals surface area contributed by atoms with Gasteiger partial charge in [0.2, 0.25) is 0 Å². The third kappa shape index (κ3) is 7.96. The minimum Gasteiger partial charge on any atom is -0.465 e. The monoisotopic (exact) mass is 261 g/mol. The van der Waals surface area contributed by atoms with Crippen molar-refractivity contribution in [1.29, 1.82) is 5.26 Å². The lowest BCUT2D eigenvalue weighted by molar-refractivity contribution is -0.142. The van der Waals surface area contributed by atoms with Crippen molar-refractivity contribution in [3.63, 3.8) is 0 Å². The predicted octanol–water partition coefficient (Wildman–Crippen LogP) is 2.48. The van der Waals surface area contributed by atoms with Crippen molar-refractivity contribution in [2.24, 2.45) is 0 Å². The number of esters is 1. The van der Waals surface area contributed by atoms with Gasteiger partial charge in [-0.2, -0.15) is 5.26 Å². The average molecular weight is 261 g/mol. The van der Waals surface area contributed by atoms with E-state index in [9.17, 15) is 4.79 Å². The number of carbonyl (C=O) groups excluding carboxylic acids is 1. The van der Waals surface area contributed by atoms with Gasteiger partial charge in [-0.25, -0.2) is 0 Å². The third-order valence-corrected chi connectivity index (χ3v) is 2.55. The lowest BCUT2D eigenvalue weighted by Gasteiger charge is -2.01. The van der Waals surface area contributed by atoms with Crippen molar-refractivity contribution in [1.82, 2.24) is 0 Å². The first-order valence-corrected chi connectivity index (χ1v) is 6.47. The Morgan fingerprint density at radius 1 is 1.26 bits per heavy atom. The van der Waals surface area contributed by atoms with Crippen LogP contribution in [0, 0.1) is 11.3 Å². The van der Waals surface area contributed by atoms with E-state index in [1.54, 1.807) is 6.07 Å². The SMILES string of the molecule is C1CCOC1.N#CCC(=O)OCCc1ccccc1. The molecule has 0 unspecified atom stereocenters. The summed E-state index contributed by atoms with van der Waals surface area (Å²) in [7, 11) is 0. The molecule has 0 spiro atoms. The van der Waals surface area contributed by atoms with Gasteiger partial charge in [-0.1, -0.05) is 30.3 Å². The maximum absolute atomic E-state index is 10.8. The van der Waals surface area contributed by atoms with Gasteiger partial charge in [-0.05, 0) is 18.4 Å². The molecule has 1 aliphatic heterocycles. The lowest BCUT2D eigenvalue weighted by atomic mass is 10.2. The standard InChI is InChI=1S/C11H11NO2.C4H8O/c12-8-6-11(13)14-9-7-10-4-2-1-3-5-10;1-2-4-5-3-1/h1-5H,6-7,9H2;1-4H2. The van der Waals surface area contributed by atoms with E-state index in [0.29, 0.717) is 13.0 Å². The largest absolute Gasteiger partial charge is 0.465 e. The molecule has 0 atom stereocenters. The number of carbonyl (C=O) groups is 1. The summed E-state index contributed by atoms with van der Waals surface area (Å²) in [5.41, 5.74) is 1.12. The van der Waals surface area contributed by atoms with Crippen LogP contribution >= 0.6 is 0 Å². The molecule has 1 heterocycles. The van der Waals surface area contributed by atoms with Gasteiger partial charge in [-0.3, -0.25) is 4.79 Å². The molecule has 2 rings (SSSR count). The minimum absolute atomic E-state index is 0.172. The van der Waals surface area contributed by atoms with E-state index in [2.05, 4.69) is 0 Å². The summed E-state index contributed by atoms with van der Waals surface area (Å²) in [4.78, 5) is 10.8. The van der Waals surface area contributed by atoms with E-state index in [-0.39, 0.29) is 6.42 Å². The maximum atomic E-state index is 10.8. The van der Waals surface area contributed by atoms with Crippen LogP contribution in [0.3, 0.4) is 0 Å². The third-order valence-electron chi connectivity index (χ3n) is 2.55. The van der Waals surface area contributed by atoms with Crippen LogP contribution in [0.4, 0.5) is 0 Å². The Kier molecular flexibility index (Phi) is 8.08. The zero-order valence-electron chi connectivity index (χ0n) is 11.0. The summed E-state index contributed by atoms with van der Waals surface area (Å²) in [5, 5.41) is 8.20. The fourth-order valence-corrected chi connectivity index (χ4v) is 1.55. The zero-order valence-corrected chi connectivity index (χ0v) is 11.0. The van der Waals surface area contributed by atoms with Gasteiger partial charge in [0.25, 0.3) is 0 Å². The normalized spacial score (nSPS) is 13.0. The highest BCUT2D eigenvalue weighted by molar-refractivity contribution is 5.71. The molecule has 0 aromatic heterocycles. The quantitative estimate of drug-likeness (QED) is 0.781. The van der Waals surface area contributed by atoms with Crippen LogP contribution in [0.25, 0.3) is 0 Å². The van der Waals surface area contributed by atoms with E-state index >= 15 is 0 Å². The van der Waals surface area contributed by atoms with Crippen LogP contribution in [0.2, 0.25) is 0 Å². The molecule has 0 aliphatic carbocycles. The van der Waals surface area contributed by atoms with Crippen LogP contribution in [-0.2, 0) is 20.7 Å². The summed E-state index contributed by atoms with van der Waals surface area (Å²) >= 11 is 0. The highest BCUT2D eigenvalue weighted by Crippen LogP contribution is 2.00. The van der Waals surface area contributed by atoms with Crippen LogP contribution in [0.15, 0.2) is 30.3 Å². The first-order chi connectivity index (χ1) is 9.33. The highest BCUT2D eigenvalue weighted by Gasteiger charge is 2.00. The summed E-state index contributed by atoms with van der Waals surface area (Å²) in [6, 6.07) is 11.5. The Morgan fingerprint density at radius 3 is 2.47 bits per heavy atom. The molecule has 19 heavy (non-hydrogen) atoms. The second kappa shape index (κ2) is 10.1. The molecule has 1 saturated heterocycles. The van der Waals surface area contributed by atoms with Crippen molar-refractivity contribution < 1.29 is 14.3 Å². The number of benzene rings is 1. The molecular formula is C15H19NO3. The number of hydrogen-bond donors (Lipinski definition) is 0. The zero-order chi connectivity index (χ0) is 13.8. The predicted molar refractivity (Wildman–Crippen MR) is 71.4 cm³/mol.